The van der Waals surface area contributed by atoms with Crippen molar-refractivity contribution in [3.05, 3.63) is 77.0 Å². The van der Waals surface area contributed by atoms with Gasteiger partial charge in [0, 0.05) is 47.8 Å². The first-order chi connectivity index (χ1) is 14.6. The smallest absolute Gasteiger partial charge is 0.255 e. The summed E-state index contributed by atoms with van der Waals surface area (Å²) >= 11 is 0. The third-order valence-corrected chi connectivity index (χ3v) is 5.82. The average molecular weight is 400 g/mol. The minimum Gasteiger partial charge on any atom is -0.461 e. The van der Waals surface area contributed by atoms with Crippen LogP contribution in [0.3, 0.4) is 0 Å². The Kier molecular flexibility index (Phi) is 4.66. The maximum Gasteiger partial charge on any atom is 0.255 e. The van der Waals surface area contributed by atoms with Gasteiger partial charge in [-0.3, -0.25) is 9.59 Å². The van der Waals surface area contributed by atoms with E-state index in [0.717, 1.165) is 59.7 Å². The molecule has 30 heavy (non-hydrogen) atoms. The fourth-order valence-electron chi connectivity index (χ4n) is 3.91. The van der Waals surface area contributed by atoms with E-state index in [0.29, 0.717) is 12.1 Å². The Hall–Kier alpha value is -3.34. The Morgan fingerprint density at radius 2 is 1.87 bits per heavy atom. The number of furan rings is 1. The molecule has 0 saturated heterocycles. The Morgan fingerprint density at radius 3 is 2.63 bits per heavy atom. The summed E-state index contributed by atoms with van der Waals surface area (Å²) in [5, 5.41) is 2.96. The first kappa shape index (κ1) is 18.7. The van der Waals surface area contributed by atoms with E-state index in [-0.39, 0.29) is 17.7 Å². The topological polar surface area (TPSA) is 62.6 Å². The molecule has 5 heteroatoms. The number of hydrogen-bond donors (Lipinski definition) is 1. The molecule has 0 unspecified atom stereocenters. The van der Waals surface area contributed by atoms with Gasteiger partial charge in [-0.05, 0) is 50.1 Å². The summed E-state index contributed by atoms with van der Waals surface area (Å²) in [6.45, 7) is 3.34. The Labute approximate surface area is 175 Å². The van der Waals surface area contributed by atoms with Gasteiger partial charge in [0.1, 0.15) is 11.5 Å². The SMILES string of the molecule is Cc1ccc(C(=O)Nc2cccc(-c3cc4c(o3)CCN(C(=O)C3CC3)C4)c2)cc1. The first-order valence-electron chi connectivity index (χ1n) is 10.5. The van der Waals surface area contributed by atoms with Crippen LogP contribution in [0.4, 0.5) is 5.69 Å². The second kappa shape index (κ2) is 7.48. The first-order valence-corrected chi connectivity index (χ1v) is 10.5. The van der Waals surface area contributed by atoms with Gasteiger partial charge < -0.3 is 14.6 Å². The van der Waals surface area contributed by atoms with Gasteiger partial charge in [0.25, 0.3) is 5.91 Å². The van der Waals surface area contributed by atoms with E-state index < -0.39 is 0 Å². The van der Waals surface area contributed by atoms with Gasteiger partial charge in [-0.25, -0.2) is 0 Å². The van der Waals surface area contributed by atoms with Crippen LogP contribution < -0.4 is 5.32 Å². The van der Waals surface area contributed by atoms with Crippen LogP contribution in [0.15, 0.2) is 59.0 Å². The number of anilines is 1. The number of benzene rings is 2. The van der Waals surface area contributed by atoms with Crippen LogP contribution in [0.25, 0.3) is 11.3 Å². The molecule has 1 aromatic heterocycles. The maximum absolute atomic E-state index is 12.5. The molecule has 5 rings (SSSR count). The number of nitrogens with one attached hydrogen (secondary N) is 1. The molecular weight excluding hydrogens is 376 g/mol. The van der Waals surface area contributed by atoms with Crippen molar-refractivity contribution in [2.75, 3.05) is 11.9 Å². The van der Waals surface area contributed by atoms with Crippen molar-refractivity contribution in [1.82, 2.24) is 4.90 Å². The van der Waals surface area contributed by atoms with Gasteiger partial charge in [-0.2, -0.15) is 0 Å². The highest BCUT2D eigenvalue weighted by atomic mass is 16.3. The molecule has 1 aliphatic carbocycles. The molecule has 0 spiro atoms. The highest BCUT2D eigenvalue weighted by Gasteiger charge is 2.35. The molecule has 0 radical (unpaired) electrons. The summed E-state index contributed by atoms with van der Waals surface area (Å²) in [6, 6.07) is 17.2. The van der Waals surface area contributed by atoms with Crippen LogP contribution in [0.5, 0.6) is 0 Å². The lowest BCUT2D eigenvalue weighted by Gasteiger charge is -2.26. The van der Waals surface area contributed by atoms with Crippen molar-refractivity contribution in [3.8, 4) is 11.3 Å². The van der Waals surface area contributed by atoms with Gasteiger partial charge >= 0.3 is 0 Å². The van der Waals surface area contributed by atoms with Crippen LogP contribution in [0.2, 0.25) is 0 Å². The molecule has 2 aromatic carbocycles. The maximum atomic E-state index is 12.5. The van der Waals surface area contributed by atoms with E-state index in [1.807, 2.05) is 66.4 Å². The van der Waals surface area contributed by atoms with Gasteiger partial charge in [-0.15, -0.1) is 0 Å². The van der Waals surface area contributed by atoms with E-state index in [2.05, 4.69) is 5.32 Å². The molecule has 1 fully saturated rings. The lowest BCUT2D eigenvalue weighted by atomic mass is 10.1. The number of aryl methyl sites for hydroxylation is 1. The molecule has 2 amide bonds. The van der Waals surface area contributed by atoms with Crippen LogP contribution in [-0.2, 0) is 17.8 Å². The number of hydrogen-bond acceptors (Lipinski definition) is 3. The Morgan fingerprint density at radius 1 is 1.07 bits per heavy atom. The summed E-state index contributed by atoms with van der Waals surface area (Å²) in [5.74, 6) is 2.11. The van der Waals surface area contributed by atoms with Crippen molar-refractivity contribution >= 4 is 17.5 Å². The van der Waals surface area contributed by atoms with Crippen molar-refractivity contribution in [2.45, 2.75) is 32.7 Å². The number of amides is 2. The van der Waals surface area contributed by atoms with E-state index in [4.69, 9.17) is 4.42 Å². The lowest BCUT2D eigenvalue weighted by Crippen LogP contribution is -2.36. The third-order valence-electron chi connectivity index (χ3n) is 5.82. The molecule has 5 nitrogen and oxygen atoms in total. The van der Waals surface area contributed by atoms with Crippen LogP contribution >= 0.6 is 0 Å². The molecule has 1 N–H and O–H groups in total. The Bertz CT molecular complexity index is 1110. The molecule has 0 bridgehead atoms. The highest BCUT2D eigenvalue weighted by Crippen LogP contribution is 2.35. The molecule has 152 valence electrons. The van der Waals surface area contributed by atoms with Gasteiger partial charge in [0.2, 0.25) is 5.91 Å². The van der Waals surface area contributed by atoms with Gasteiger partial charge in [-0.1, -0.05) is 29.8 Å². The van der Waals surface area contributed by atoms with Crippen molar-refractivity contribution in [2.24, 2.45) is 5.92 Å². The third kappa shape index (κ3) is 3.75. The standard InChI is InChI=1S/C25H24N2O3/c1-16-5-7-17(8-6-16)24(28)26-21-4-2-3-19(13-21)23-14-20-15-27(12-11-22(20)30-23)25(29)18-9-10-18/h2-8,13-14,18H,9-12,15H2,1H3,(H,26,28). The van der Waals surface area contributed by atoms with Crippen LogP contribution in [0.1, 0.15) is 40.1 Å². The monoisotopic (exact) mass is 400 g/mol. The average Bonchev–Trinajstić information content (AvgIpc) is 3.52. The largest absolute Gasteiger partial charge is 0.461 e. The molecule has 1 saturated carbocycles. The van der Waals surface area contributed by atoms with Gasteiger partial charge in [0.15, 0.2) is 0 Å². The minimum atomic E-state index is -0.139. The van der Waals surface area contributed by atoms with Crippen molar-refractivity contribution in [1.29, 1.82) is 0 Å². The normalized spacial score (nSPS) is 15.6. The summed E-state index contributed by atoms with van der Waals surface area (Å²) in [6.07, 6.45) is 2.80. The van der Waals surface area contributed by atoms with Crippen LogP contribution in [-0.4, -0.2) is 23.3 Å². The summed E-state index contributed by atoms with van der Waals surface area (Å²) < 4.78 is 6.10. The van der Waals surface area contributed by atoms with E-state index in [9.17, 15) is 9.59 Å². The molecule has 1 aliphatic heterocycles. The number of rotatable bonds is 4. The second-order valence-electron chi connectivity index (χ2n) is 8.24. The van der Waals surface area contributed by atoms with E-state index in [1.54, 1.807) is 0 Å². The summed E-state index contributed by atoms with van der Waals surface area (Å²) in [7, 11) is 0. The predicted molar refractivity (Wildman–Crippen MR) is 115 cm³/mol. The Balaban J connectivity index is 1.33. The molecule has 3 aromatic rings. The van der Waals surface area contributed by atoms with Crippen molar-refractivity contribution in [3.63, 3.8) is 0 Å². The number of nitrogens with zero attached hydrogens (tertiary/aromatic N) is 1. The van der Waals surface area contributed by atoms with Crippen LogP contribution in [0, 0.1) is 12.8 Å². The fraction of sp³-hybridized carbons (Fsp3) is 0.280. The summed E-state index contributed by atoms with van der Waals surface area (Å²) in [5.41, 5.74) is 4.45. The zero-order valence-electron chi connectivity index (χ0n) is 17.0. The van der Waals surface area contributed by atoms with E-state index >= 15 is 0 Å². The molecular formula is C25H24N2O3. The zero-order chi connectivity index (χ0) is 20.7. The highest BCUT2D eigenvalue weighted by molar-refractivity contribution is 6.04. The number of fused-ring (bicyclic) bond motifs is 1. The number of carbonyl (C=O) groups is 2. The zero-order valence-corrected chi connectivity index (χ0v) is 17.0. The van der Waals surface area contributed by atoms with Crippen molar-refractivity contribution < 1.29 is 14.0 Å². The van der Waals surface area contributed by atoms with Gasteiger partial charge in [0.05, 0.1) is 0 Å². The van der Waals surface area contributed by atoms with E-state index in [1.165, 1.54) is 0 Å². The molecule has 0 atom stereocenters. The summed E-state index contributed by atoms with van der Waals surface area (Å²) in [4.78, 5) is 26.9. The molecule has 2 heterocycles. The quantitative estimate of drug-likeness (QED) is 0.684. The lowest BCUT2D eigenvalue weighted by molar-refractivity contribution is -0.133. The predicted octanol–water partition coefficient (Wildman–Crippen LogP) is 4.80. The molecule has 2 aliphatic rings. The fourth-order valence-corrected chi connectivity index (χ4v) is 3.91. The second-order valence-corrected chi connectivity index (χ2v) is 8.24. The minimum absolute atomic E-state index is 0.139. The number of carbonyl (C=O) groups excluding carboxylic acids is 2.